The molecular formula is C8H18O3. The van der Waals surface area contributed by atoms with Gasteiger partial charge in [0, 0.05) is 19.4 Å². The Kier molecular flexibility index (Phi) is 5.46. The SMILES string of the molecule is CCCCCC(O)(O)CCO. The fraction of sp³-hybridized carbons (Fsp3) is 1.00. The van der Waals surface area contributed by atoms with Crippen LogP contribution in [-0.4, -0.2) is 27.7 Å². The van der Waals surface area contributed by atoms with Crippen molar-refractivity contribution in [1.29, 1.82) is 0 Å². The van der Waals surface area contributed by atoms with Gasteiger partial charge in [-0.05, 0) is 6.42 Å². The topological polar surface area (TPSA) is 60.7 Å². The van der Waals surface area contributed by atoms with E-state index in [0.717, 1.165) is 19.3 Å². The monoisotopic (exact) mass is 162 g/mol. The van der Waals surface area contributed by atoms with Crippen LogP contribution in [0, 0.1) is 0 Å². The molecule has 0 bridgehead atoms. The van der Waals surface area contributed by atoms with Crippen molar-refractivity contribution in [2.75, 3.05) is 6.61 Å². The molecule has 0 radical (unpaired) electrons. The Morgan fingerprint density at radius 1 is 1.09 bits per heavy atom. The van der Waals surface area contributed by atoms with Crippen molar-refractivity contribution in [3.8, 4) is 0 Å². The molecule has 3 nitrogen and oxygen atoms in total. The molecule has 0 aromatic heterocycles. The summed E-state index contributed by atoms with van der Waals surface area (Å²) in [7, 11) is 0. The predicted octanol–water partition coefficient (Wildman–Crippen LogP) is 0.630. The van der Waals surface area contributed by atoms with Crippen molar-refractivity contribution < 1.29 is 15.3 Å². The smallest absolute Gasteiger partial charge is 0.164 e. The lowest BCUT2D eigenvalue weighted by Crippen LogP contribution is -2.29. The second-order valence-electron chi connectivity index (χ2n) is 2.91. The molecule has 0 amide bonds. The van der Waals surface area contributed by atoms with E-state index in [-0.39, 0.29) is 13.0 Å². The van der Waals surface area contributed by atoms with E-state index in [1.807, 2.05) is 0 Å². The lowest BCUT2D eigenvalue weighted by Gasteiger charge is -2.19. The van der Waals surface area contributed by atoms with E-state index >= 15 is 0 Å². The number of hydrogen-bond acceptors (Lipinski definition) is 3. The van der Waals surface area contributed by atoms with Gasteiger partial charge in [-0.15, -0.1) is 0 Å². The Balaban J connectivity index is 3.38. The van der Waals surface area contributed by atoms with Gasteiger partial charge in [-0.1, -0.05) is 19.8 Å². The number of rotatable bonds is 6. The number of aliphatic hydroxyl groups excluding tert-OH is 1. The van der Waals surface area contributed by atoms with Crippen molar-refractivity contribution in [1.82, 2.24) is 0 Å². The van der Waals surface area contributed by atoms with Crippen molar-refractivity contribution in [2.24, 2.45) is 0 Å². The second-order valence-corrected chi connectivity index (χ2v) is 2.91. The lowest BCUT2D eigenvalue weighted by molar-refractivity contribution is -0.176. The minimum absolute atomic E-state index is 0.0523. The van der Waals surface area contributed by atoms with Crippen LogP contribution in [0.15, 0.2) is 0 Å². The Morgan fingerprint density at radius 2 is 1.73 bits per heavy atom. The van der Waals surface area contributed by atoms with Gasteiger partial charge in [-0.2, -0.15) is 0 Å². The van der Waals surface area contributed by atoms with Crippen molar-refractivity contribution in [3.05, 3.63) is 0 Å². The average Bonchev–Trinajstić information content (AvgIpc) is 1.87. The molecule has 0 unspecified atom stereocenters. The van der Waals surface area contributed by atoms with Crippen LogP contribution in [0.25, 0.3) is 0 Å². The van der Waals surface area contributed by atoms with Crippen LogP contribution < -0.4 is 0 Å². The zero-order valence-electron chi connectivity index (χ0n) is 7.08. The molecule has 68 valence electrons. The standard InChI is InChI=1S/C8H18O3/c1-2-3-4-5-8(10,11)6-7-9/h9-11H,2-7H2,1H3. The van der Waals surface area contributed by atoms with Gasteiger partial charge in [0.15, 0.2) is 5.79 Å². The summed E-state index contributed by atoms with van der Waals surface area (Å²) < 4.78 is 0. The van der Waals surface area contributed by atoms with Crippen LogP contribution in [0.4, 0.5) is 0 Å². The van der Waals surface area contributed by atoms with Crippen molar-refractivity contribution in [2.45, 2.75) is 44.8 Å². The third-order valence-corrected chi connectivity index (χ3v) is 1.69. The molecule has 0 aliphatic carbocycles. The first kappa shape index (κ1) is 10.9. The summed E-state index contributed by atoms with van der Waals surface area (Å²) in [5.41, 5.74) is 0. The number of aliphatic hydroxyl groups is 3. The minimum atomic E-state index is -1.65. The van der Waals surface area contributed by atoms with Crippen molar-refractivity contribution >= 4 is 0 Å². The highest BCUT2D eigenvalue weighted by Gasteiger charge is 2.20. The van der Waals surface area contributed by atoms with E-state index in [2.05, 4.69) is 6.92 Å². The van der Waals surface area contributed by atoms with E-state index < -0.39 is 5.79 Å². The highest BCUT2D eigenvalue weighted by atomic mass is 16.5. The molecular weight excluding hydrogens is 144 g/mol. The zero-order valence-corrected chi connectivity index (χ0v) is 7.08. The third kappa shape index (κ3) is 6.28. The molecule has 0 heterocycles. The summed E-state index contributed by atoms with van der Waals surface area (Å²) in [4.78, 5) is 0. The molecule has 0 rings (SSSR count). The quantitative estimate of drug-likeness (QED) is 0.396. The molecule has 0 aromatic rings. The minimum Gasteiger partial charge on any atom is -0.396 e. The fourth-order valence-corrected chi connectivity index (χ4v) is 0.962. The largest absolute Gasteiger partial charge is 0.396 e. The first-order chi connectivity index (χ1) is 5.12. The van der Waals surface area contributed by atoms with Gasteiger partial charge in [0.05, 0.1) is 0 Å². The average molecular weight is 162 g/mol. The summed E-state index contributed by atoms with van der Waals surface area (Å²) in [6.07, 6.45) is 3.30. The Labute approximate surface area is 67.7 Å². The van der Waals surface area contributed by atoms with Gasteiger partial charge in [-0.25, -0.2) is 0 Å². The van der Waals surface area contributed by atoms with Gasteiger partial charge < -0.3 is 15.3 Å². The molecule has 0 aliphatic heterocycles. The van der Waals surface area contributed by atoms with E-state index in [0.29, 0.717) is 6.42 Å². The molecule has 0 aliphatic rings. The predicted molar refractivity (Wildman–Crippen MR) is 43.0 cm³/mol. The molecule has 0 aromatic carbocycles. The summed E-state index contributed by atoms with van der Waals surface area (Å²) in [6.45, 7) is 1.89. The Morgan fingerprint density at radius 3 is 2.18 bits per heavy atom. The van der Waals surface area contributed by atoms with E-state index in [4.69, 9.17) is 15.3 Å². The van der Waals surface area contributed by atoms with Gasteiger partial charge in [0.25, 0.3) is 0 Å². The Bertz CT molecular complexity index is 91.3. The van der Waals surface area contributed by atoms with E-state index in [1.54, 1.807) is 0 Å². The van der Waals surface area contributed by atoms with Crippen LogP contribution in [-0.2, 0) is 0 Å². The maximum Gasteiger partial charge on any atom is 0.164 e. The molecule has 3 N–H and O–H groups in total. The first-order valence-corrected chi connectivity index (χ1v) is 4.18. The summed E-state index contributed by atoms with van der Waals surface area (Å²) >= 11 is 0. The normalized spacial score (nSPS) is 12.0. The molecule has 0 fully saturated rings. The second kappa shape index (κ2) is 5.52. The zero-order chi connectivity index (χ0) is 8.74. The van der Waals surface area contributed by atoms with Gasteiger partial charge in [0.2, 0.25) is 0 Å². The van der Waals surface area contributed by atoms with Crippen molar-refractivity contribution in [3.63, 3.8) is 0 Å². The van der Waals surface area contributed by atoms with Crippen LogP contribution >= 0.6 is 0 Å². The van der Waals surface area contributed by atoms with Gasteiger partial charge >= 0.3 is 0 Å². The molecule has 3 heteroatoms. The highest BCUT2D eigenvalue weighted by molar-refractivity contribution is 4.63. The summed E-state index contributed by atoms with van der Waals surface area (Å²) in [5, 5.41) is 26.7. The Hall–Kier alpha value is -0.120. The van der Waals surface area contributed by atoms with Crippen LogP contribution in [0.1, 0.15) is 39.0 Å². The first-order valence-electron chi connectivity index (χ1n) is 4.18. The highest BCUT2D eigenvalue weighted by Crippen LogP contribution is 2.14. The number of unbranched alkanes of at least 4 members (excludes halogenated alkanes) is 2. The van der Waals surface area contributed by atoms with E-state index in [1.165, 1.54) is 0 Å². The maximum atomic E-state index is 9.14. The van der Waals surface area contributed by atoms with Crippen LogP contribution in [0.2, 0.25) is 0 Å². The molecule has 11 heavy (non-hydrogen) atoms. The summed E-state index contributed by atoms with van der Waals surface area (Å²) in [6, 6.07) is 0. The molecule has 0 spiro atoms. The lowest BCUT2D eigenvalue weighted by atomic mass is 10.1. The maximum absolute atomic E-state index is 9.14. The molecule has 0 saturated heterocycles. The van der Waals surface area contributed by atoms with Crippen LogP contribution in [0.3, 0.4) is 0 Å². The summed E-state index contributed by atoms with van der Waals surface area (Å²) in [5.74, 6) is -1.65. The molecule has 0 atom stereocenters. The van der Waals surface area contributed by atoms with E-state index in [9.17, 15) is 0 Å². The fourth-order valence-electron chi connectivity index (χ4n) is 0.962. The number of hydrogen-bond donors (Lipinski definition) is 3. The van der Waals surface area contributed by atoms with Gasteiger partial charge in [-0.3, -0.25) is 0 Å². The molecule has 0 saturated carbocycles. The van der Waals surface area contributed by atoms with Gasteiger partial charge in [0.1, 0.15) is 0 Å². The van der Waals surface area contributed by atoms with Crippen LogP contribution in [0.5, 0.6) is 0 Å². The third-order valence-electron chi connectivity index (χ3n) is 1.69.